The Morgan fingerprint density at radius 3 is 1.48 bits per heavy atom. The lowest BCUT2D eigenvalue weighted by molar-refractivity contribution is -0.163. The van der Waals surface area contributed by atoms with Crippen molar-refractivity contribution >= 4 is 30.9 Å². The molecule has 5 nitrogen and oxygen atoms in total. The summed E-state index contributed by atoms with van der Waals surface area (Å²) in [6.07, 6.45) is -0.465. The third-order valence-corrected chi connectivity index (χ3v) is 5.59. The predicted molar refractivity (Wildman–Crippen MR) is 104 cm³/mol. The third-order valence-electron chi connectivity index (χ3n) is 2.70. The van der Waals surface area contributed by atoms with Gasteiger partial charge in [-0.25, -0.2) is 0 Å². The van der Waals surface area contributed by atoms with E-state index < -0.39 is 42.8 Å². The fraction of sp³-hybridized carbons (Fsp3) is 0.800. The van der Waals surface area contributed by atoms with Crippen LogP contribution in [0.25, 0.3) is 0 Å². The highest BCUT2D eigenvalue weighted by Gasteiger charge is 2.50. The van der Waals surface area contributed by atoms with Gasteiger partial charge in [0.25, 0.3) is 0 Å². The Morgan fingerprint density at radius 2 is 1.26 bits per heavy atom. The van der Waals surface area contributed by atoms with Gasteiger partial charge < -0.3 is 19.0 Å². The first-order valence-corrected chi connectivity index (χ1v) is 18.2. The second-order valence-electron chi connectivity index (χ2n) is 8.81. The summed E-state index contributed by atoms with van der Waals surface area (Å²) in [6, 6.07) is 0. The number of hydrogen-bond acceptors (Lipinski definition) is 4. The Morgan fingerprint density at radius 1 is 0.913 bits per heavy atom. The molecule has 0 saturated heterocycles. The third kappa shape index (κ3) is 7.90. The van der Waals surface area contributed by atoms with Gasteiger partial charge in [-0.3, -0.25) is 4.79 Å². The molecule has 0 bridgehead atoms. The van der Waals surface area contributed by atoms with E-state index in [1.165, 1.54) is 0 Å². The van der Waals surface area contributed by atoms with Crippen LogP contribution in [0.1, 0.15) is 6.92 Å². The van der Waals surface area contributed by atoms with Crippen LogP contribution in [-0.4, -0.2) is 42.8 Å². The molecule has 1 atom stereocenters. The summed E-state index contributed by atoms with van der Waals surface area (Å²) in [4.78, 5) is 11.9. The van der Waals surface area contributed by atoms with Crippen LogP contribution in [0, 0.1) is 0 Å². The van der Waals surface area contributed by atoms with Crippen LogP contribution in [0.3, 0.4) is 0 Å². The van der Waals surface area contributed by atoms with Gasteiger partial charge in [0.2, 0.25) is 11.7 Å². The van der Waals surface area contributed by atoms with Gasteiger partial charge >= 0.3 is 0 Å². The highest BCUT2D eigenvalue weighted by molar-refractivity contribution is 6.71. The lowest BCUT2D eigenvalue weighted by atomic mass is 10.0. The average molecular weight is 378 g/mol. The van der Waals surface area contributed by atoms with E-state index in [0.29, 0.717) is 0 Å². The molecule has 0 aliphatic heterocycles. The molecule has 0 rings (SSSR count). The van der Waals surface area contributed by atoms with Crippen molar-refractivity contribution in [3.63, 3.8) is 0 Å². The molecule has 0 spiro atoms. The number of rotatable bonds is 9. The number of amides is 1. The molecule has 2 N–H and O–H groups in total. The Labute approximate surface area is 145 Å². The lowest BCUT2D eigenvalue weighted by Gasteiger charge is -2.47. The van der Waals surface area contributed by atoms with Crippen LogP contribution < -0.4 is 5.73 Å². The van der Waals surface area contributed by atoms with Crippen molar-refractivity contribution < 1.29 is 18.1 Å². The molecule has 1 unspecified atom stereocenters. The van der Waals surface area contributed by atoms with Crippen molar-refractivity contribution in [2.45, 2.75) is 77.7 Å². The Kier molecular flexibility index (Phi) is 7.24. The van der Waals surface area contributed by atoms with Crippen molar-refractivity contribution in [2.24, 2.45) is 5.73 Å². The molecule has 8 heteroatoms. The normalized spacial score (nSPS) is 15.4. The van der Waals surface area contributed by atoms with Crippen LogP contribution in [0.2, 0.25) is 58.9 Å². The molecule has 0 aliphatic rings. The maximum absolute atomic E-state index is 11.9. The zero-order valence-electron chi connectivity index (χ0n) is 16.5. The largest absolute Gasteiger partial charge is 0.409 e. The van der Waals surface area contributed by atoms with Gasteiger partial charge in [-0.15, -0.1) is 0 Å². The fourth-order valence-electron chi connectivity index (χ4n) is 2.24. The molecular weight excluding hydrogens is 342 g/mol. The van der Waals surface area contributed by atoms with Crippen molar-refractivity contribution in [3.05, 3.63) is 12.2 Å². The minimum atomic E-state index is -2.08. The van der Waals surface area contributed by atoms with Crippen molar-refractivity contribution in [1.82, 2.24) is 0 Å². The highest BCUT2D eigenvalue weighted by atomic mass is 28.4. The van der Waals surface area contributed by atoms with Gasteiger partial charge in [0.15, 0.2) is 25.0 Å². The van der Waals surface area contributed by atoms with Crippen molar-refractivity contribution in [2.75, 3.05) is 0 Å². The Bertz CT molecular complexity index is 431. The van der Waals surface area contributed by atoms with E-state index in [2.05, 4.69) is 26.2 Å². The molecule has 1 amide bonds. The summed E-state index contributed by atoms with van der Waals surface area (Å²) in [5, 5.41) is 0. The summed E-state index contributed by atoms with van der Waals surface area (Å²) in [5.41, 5.74) is 5.68. The number of carbonyl (C=O) groups excluding carboxylic acids is 1. The minimum Gasteiger partial charge on any atom is -0.409 e. The van der Waals surface area contributed by atoms with E-state index in [4.69, 9.17) is 19.0 Å². The van der Waals surface area contributed by atoms with Crippen molar-refractivity contribution in [1.29, 1.82) is 0 Å². The van der Waals surface area contributed by atoms with Crippen LogP contribution >= 0.6 is 0 Å². The number of nitrogens with two attached hydrogens (primary N) is 1. The van der Waals surface area contributed by atoms with Gasteiger partial charge in [-0.05, 0) is 65.8 Å². The summed E-state index contributed by atoms with van der Waals surface area (Å²) < 4.78 is 19.0. The van der Waals surface area contributed by atoms with E-state index >= 15 is 0 Å². The van der Waals surface area contributed by atoms with Crippen LogP contribution in [0.4, 0.5) is 0 Å². The Hall–Kier alpha value is -0.259. The Balaban J connectivity index is 6.12. The maximum Gasteiger partial charge on any atom is 0.249 e. The van der Waals surface area contributed by atoms with Gasteiger partial charge in [0.05, 0.1) is 11.7 Å². The van der Waals surface area contributed by atoms with E-state index in [1.54, 1.807) is 0 Å². The SMILES string of the molecule is C=C(C(N)=O)C(O[Si](C)(C)C)(O[Si](C)(C)C)C(C)O[Si](C)(C)C. The van der Waals surface area contributed by atoms with E-state index in [9.17, 15) is 4.79 Å². The first-order chi connectivity index (χ1) is 9.90. The minimum absolute atomic E-state index is 0.132. The standard InChI is InChI=1S/C15H35NO4Si3/c1-12(14(16)17)15(19-22(6,7)8,20-23(9,10)11)13(2)18-21(3,4)5/h13H,1H2,2-11H3,(H2,16,17). The second-order valence-corrected chi connectivity index (χ2v) is 22.1. The second kappa shape index (κ2) is 7.32. The molecule has 0 radical (unpaired) electrons. The molecule has 23 heavy (non-hydrogen) atoms. The molecule has 0 aromatic carbocycles. The number of primary amides is 1. The quantitative estimate of drug-likeness (QED) is 0.378. The fourth-order valence-corrected chi connectivity index (χ4v) is 6.03. The zero-order chi connectivity index (χ0) is 18.9. The summed E-state index contributed by atoms with van der Waals surface area (Å²) in [5.74, 6) is -1.94. The molecule has 0 heterocycles. The summed E-state index contributed by atoms with van der Waals surface area (Å²) >= 11 is 0. The molecule has 0 aromatic heterocycles. The van der Waals surface area contributed by atoms with Gasteiger partial charge in [0, 0.05) is 0 Å². The van der Waals surface area contributed by atoms with Crippen LogP contribution in [-0.2, 0) is 18.1 Å². The van der Waals surface area contributed by atoms with E-state index in [1.807, 2.05) is 46.2 Å². The predicted octanol–water partition coefficient (Wildman–Crippen LogP) is 3.67. The topological polar surface area (TPSA) is 70.8 Å². The van der Waals surface area contributed by atoms with Crippen LogP contribution in [0.15, 0.2) is 12.2 Å². The first kappa shape index (κ1) is 22.7. The number of carbonyl (C=O) groups is 1. The lowest BCUT2D eigenvalue weighted by Crippen LogP contribution is -2.61. The van der Waals surface area contributed by atoms with Gasteiger partial charge in [-0.2, -0.15) is 0 Å². The highest BCUT2D eigenvalue weighted by Crippen LogP contribution is 2.36. The molecule has 0 fully saturated rings. The monoisotopic (exact) mass is 377 g/mol. The van der Waals surface area contributed by atoms with Crippen molar-refractivity contribution in [3.8, 4) is 0 Å². The molecule has 0 aliphatic carbocycles. The smallest absolute Gasteiger partial charge is 0.249 e. The number of hydrogen-bond donors (Lipinski definition) is 1. The van der Waals surface area contributed by atoms with Gasteiger partial charge in [0.1, 0.15) is 0 Å². The average Bonchev–Trinajstić information content (AvgIpc) is 2.20. The molecular formula is C15H35NO4Si3. The van der Waals surface area contributed by atoms with E-state index in [0.717, 1.165) is 0 Å². The molecule has 0 saturated carbocycles. The molecule has 136 valence electrons. The van der Waals surface area contributed by atoms with Gasteiger partial charge in [-0.1, -0.05) is 6.58 Å². The van der Waals surface area contributed by atoms with Crippen LogP contribution in [0.5, 0.6) is 0 Å². The first-order valence-electron chi connectivity index (χ1n) is 7.97. The van der Waals surface area contributed by atoms with E-state index in [-0.39, 0.29) is 5.57 Å². The zero-order valence-corrected chi connectivity index (χ0v) is 19.5. The summed E-state index contributed by atoms with van der Waals surface area (Å²) in [6.45, 7) is 24.3. The molecule has 0 aromatic rings. The summed E-state index contributed by atoms with van der Waals surface area (Å²) in [7, 11) is -6.03. The maximum atomic E-state index is 11.9.